The van der Waals surface area contributed by atoms with Gasteiger partial charge in [-0.2, -0.15) is 0 Å². The van der Waals surface area contributed by atoms with E-state index < -0.39 is 0 Å². The molecule has 0 amide bonds. The van der Waals surface area contributed by atoms with Crippen molar-refractivity contribution in [1.82, 2.24) is 9.55 Å². The summed E-state index contributed by atoms with van der Waals surface area (Å²) in [6, 6.07) is 4.31. The van der Waals surface area contributed by atoms with Crippen molar-refractivity contribution in [3.63, 3.8) is 0 Å². The number of nitrogens with zero attached hydrogens (tertiary/aromatic N) is 3. The quantitative estimate of drug-likeness (QED) is 0.382. The van der Waals surface area contributed by atoms with Gasteiger partial charge in [-0.15, -0.1) is 0 Å². The lowest BCUT2D eigenvalue weighted by molar-refractivity contribution is 0.651. The highest BCUT2D eigenvalue weighted by Gasteiger charge is 2.16. The summed E-state index contributed by atoms with van der Waals surface area (Å²) in [5, 5.41) is 0. The van der Waals surface area contributed by atoms with Gasteiger partial charge in [0.15, 0.2) is 0 Å². The molecule has 3 heterocycles. The van der Waals surface area contributed by atoms with Crippen LogP contribution in [0.1, 0.15) is 37.9 Å². The fourth-order valence-electron chi connectivity index (χ4n) is 4.18. The summed E-state index contributed by atoms with van der Waals surface area (Å²) in [5.41, 5.74) is 8.47. The number of hydrogen-bond acceptors (Lipinski definition) is 2. The van der Waals surface area contributed by atoms with Crippen molar-refractivity contribution in [3.8, 4) is 11.1 Å². The van der Waals surface area contributed by atoms with Gasteiger partial charge < -0.3 is 4.57 Å². The van der Waals surface area contributed by atoms with Crippen LogP contribution in [0.25, 0.3) is 17.2 Å². The zero-order chi connectivity index (χ0) is 24.8. The van der Waals surface area contributed by atoms with Crippen LogP contribution in [0, 0.1) is 6.92 Å². The van der Waals surface area contributed by atoms with Gasteiger partial charge in [-0.1, -0.05) is 43.9 Å². The lowest BCUT2D eigenvalue weighted by atomic mass is 9.92. The Morgan fingerprint density at radius 1 is 1.20 bits per heavy atom. The Balaban J connectivity index is 1.52. The largest absolute Gasteiger partial charge is 0.354 e. The molecule has 178 valence electrons. The second kappa shape index (κ2) is 11.1. The molecule has 0 saturated carbocycles. The van der Waals surface area contributed by atoms with Crippen molar-refractivity contribution in [1.29, 1.82) is 0 Å². The second-order valence-electron chi connectivity index (χ2n) is 8.90. The first-order valence-electron chi connectivity index (χ1n) is 12.1. The number of pyridine rings is 1. The maximum atomic E-state index is 14.2. The van der Waals surface area contributed by atoms with Crippen molar-refractivity contribution < 1.29 is 4.39 Å². The number of hydrogen-bond donors (Lipinski definition) is 0. The van der Waals surface area contributed by atoms with Gasteiger partial charge in [-0.25, -0.2) is 4.39 Å². The van der Waals surface area contributed by atoms with Crippen molar-refractivity contribution >= 4 is 11.8 Å². The Morgan fingerprint density at radius 2 is 2.06 bits per heavy atom. The molecule has 0 unspecified atom stereocenters. The minimum absolute atomic E-state index is 0.237. The molecule has 0 atom stereocenters. The number of allylic oxidation sites excluding steroid dienone is 11. The average molecular weight is 466 g/mol. The molecule has 2 aromatic heterocycles. The van der Waals surface area contributed by atoms with Crippen LogP contribution < -0.4 is 0 Å². The number of aryl methyl sites for hydroxylation is 2. The van der Waals surface area contributed by atoms with E-state index in [0.717, 1.165) is 58.6 Å². The Morgan fingerprint density at radius 3 is 2.86 bits per heavy atom. The lowest BCUT2D eigenvalue weighted by Crippen LogP contribution is -2.12. The van der Waals surface area contributed by atoms with Crippen LogP contribution in [0.3, 0.4) is 0 Å². The summed E-state index contributed by atoms with van der Waals surface area (Å²) in [6.45, 7) is 12.1. The molecule has 4 rings (SSSR count). The standard InChI is InChI=1S/C31H32FN3/c1-5-17-35-18-15-26(21-35)27-19-24(4)30(34-20-27)14-11-22(2)28-10-7-16-33-31(28)25-9-6-8-23(3)29(32)13-12-25/h6,8-15,18-21H,2,5,7,16-17H2,1,3-4H3/b8-6?,9-6?,13-12?,14-11-,23-8+,25-9?,25-12?,29-13+,29-23?. The molecule has 0 saturated heterocycles. The van der Waals surface area contributed by atoms with E-state index in [1.165, 1.54) is 11.6 Å². The average Bonchev–Trinajstić information content (AvgIpc) is 3.33. The van der Waals surface area contributed by atoms with Crippen LogP contribution in [0.2, 0.25) is 0 Å². The van der Waals surface area contributed by atoms with Gasteiger partial charge in [-0.05, 0) is 73.8 Å². The molecular formula is C31H32FN3. The van der Waals surface area contributed by atoms with Gasteiger partial charge in [0.2, 0.25) is 0 Å². The smallest absolute Gasteiger partial charge is 0.126 e. The predicted octanol–water partition coefficient (Wildman–Crippen LogP) is 7.90. The van der Waals surface area contributed by atoms with Crippen LogP contribution in [-0.4, -0.2) is 21.8 Å². The van der Waals surface area contributed by atoms with Crippen molar-refractivity contribution in [2.75, 3.05) is 6.54 Å². The van der Waals surface area contributed by atoms with E-state index in [2.05, 4.69) is 55.6 Å². The zero-order valence-corrected chi connectivity index (χ0v) is 20.8. The third-order valence-corrected chi connectivity index (χ3v) is 6.16. The molecular weight excluding hydrogens is 433 g/mol. The third kappa shape index (κ3) is 5.83. The van der Waals surface area contributed by atoms with E-state index in [-0.39, 0.29) is 5.83 Å². The Kier molecular flexibility index (Phi) is 7.71. The molecule has 4 heteroatoms. The highest BCUT2D eigenvalue weighted by atomic mass is 19.1. The topological polar surface area (TPSA) is 30.2 Å². The molecule has 1 aliphatic heterocycles. The maximum Gasteiger partial charge on any atom is 0.126 e. The first-order chi connectivity index (χ1) is 17.0. The molecule has 0 fully saturated rings. The van der Waals surface area contributed by atoms with E-state index in [0.29, 0.717) is 12.1 Å². The van der Waals surface area contributed by atoms with E-state index in [9.17, 15) is 4.39 Å². The third-order valence-electron chi connectivity index (χ3n) is 6.16. The molecule has 0 aromatic carbocycles. The summed E-state index contributed by atoms with van der Waals surface area (Å²) in [4.78, 5) is 9.46. The van der Waals surface area contributed by atoms with Crippen LogP contribution in [0.5, 0.6) is 0 Å². The number of aliphatic imine (C=N–C) groups is 1. The van der Waals surface area contributed by atoms with E-state index in [1.807, 2.05) is 30.5 Å². The fourth-order valence-corrected chi connectivity index (χ4v) is 4.18. The SMILES string of the molecule is C=C(/C=C\c1ncc(-c2ccn(CCC)c2)cc1C)C1=CCCN=C1C1=C/C=C(F)\C(C)=C\C=C1. The van der Waals surface area contributed by atoms with E-state index in [4.69, 9.17) is 9.98 Å². The molecule has 0 N–H and O–H groups in total. The minimum atomic E-state index is -0.237. The Labute approximate surface area is 207 Å². The highest BCUT2D eigenvalue weighted by molar-refractivity contribution is 6.17. The second-order valence-corrected chi connectivity index (χ2v) is 8.90. The maximum absolute atomic E-state index is 14.2. The summed E-state index contributed by atoms with van der Waals surface area (Å²) in [6.07, 6.45) is 23.2. The van der Waals surface area contributed by atoms with Crippen molar-refractivity contribution in [2.24, 2.45) is 4.99 Å². The van der Waals surface area contributed by atoms with E-state index >= 15 is 0 Å². The summed E-state index contributed by atoms with van der Waals surface area (Å²) >= 11 is 0. The number of aromatic nitrogens is 2. The lowest BCUT2D eigenvalue weighted by Gasteiger charge is -2.17. The Bertz CT molecular complexity index is 1340. The molecule has 2 aliphatic rings. The van der Waals surface area contributed by atoms with Gasteiger partial charge >= 0.3 is 0 Å². The van der Waals surface area contributed by atoms with E-state index in [1.54, 1.807) is 19.1 Å². The van der Waals surface area contributed by atoms with Crippen LogP contribution in [-0.2, 0) is 6.54 Å². The first kappa shape index (κ1) is 24.3. The molecule has 3 nitrogen and oxygen atoms in total. The molecule has 0 spiro atoms. The molecule has 0 radical (unpaired) electrons. The predicted molar refractivity (Wildman–Crippen MR) is 146 cm³/mol. The highest BCUT2D eigenvalue weighted by Crippen LogP contribution is 2.26. The summed E-state index contributed by atoms with van der Waals surface area (Å²) < 4.78 is 16.4. The minimum Gasteiger partial charge on any atom is -0.354 e. The normalized spacial score (nSPS) is 19.1. The summed E-state index contributed by atoms with van der Waals surface area (Å²) in [7, 11) is 0. The number of rotatable bonds is 7. The Hall–Kier alpha value is -3.79. The molecule has 1 aliphatic carbocycles. The molecule has 35 heavy (non-hydrogen) atoms. The van der Waals surface area contributed by atoms with Gasteiger partial charge in [0.25, 0.3) is 0 Å². The van der Waals surface area contributed by atoms with Crippen LogP contribution >= 0.6 is 0 Å². The zero-order valence-electron chi connectivity index (χ0n) is 20.8. The molecule has 2 aromatic rings. The number of dihydropyridines is 1. The van der Waals surface area contributed by atoms with Crippen LogP contribution in [0.4, 0.5) is 4.39 Å². The van der Waals surface area contributed by atoms with Gasteiger partial charge in [0.05, 0.1) is 11.4 Å². The van der Waals surface area contributed by atoms with Crippen molar-refractivity contribution in [3.05, 3.63) is 119 Å². The fraction of sp³-hybridized carbons (Fsp3) is 0.226. The summed E-state index contributed by atoms with van der Waals surface area (Å²) in [5.74, 6) is -0.237. The number of halogens is 1. The van der Waals surface area contributed by atoms with Crippen LogP contribution in [0.15, 0.2) is 113 Å². The van der Waals surface area contributed by atoms with Gasteiger partial charge in [0, 0.05) is 54.0 Å². The van der Waals surface area contributed by atoms with Gasteiger partial charge in [-0.3, -0.25) is 9.98 Å². The monoisotopic (exact) mass is 465 g/mol. The first-order valence-corrected chi connectivity index (χ1v) is 12.1. The molecule has 0 bridgehead atoms. The van der Waals surface area contributed by atoms with Gasteiger partial charge in [0.1, 0.15) is 5.83 Å². The van der Waals surface area contributed by atoms with Crippen molar-refractivity contribution in [2.45, 2.75) is 40.2 Å².